The molecule has 0 saturated carbocycles. The van der Waals surface area contributed by atoms with Gasteiger partial charge in [0.25, 0.3) is 0 Å². The summed E-state index contributed by atoms with van der Waals surface area (Å²) in [7, 11) is 0. The molecule has 5 heteroatoms. The van der Waals surface area contributed by atoms with E-state index >= 15 is 0 Å². The maximum absolute atomic E-state index is 4.22. The van der Waals surface area contributed by atoms with Crippen molar-refractivity contribution >= 4 is 33.1 Å². The minimum Gasteiger partial charge on any atom is -0.364 e. The molecule has 0 spiro atoms. The molecule has 2 aromatic heterocycles. The van der Waals surface area contributed by atoms with E-state index in [-0.39, 0.29) is 0 Å². The summed E-state index contributed by atoms with van der Waals surface area (Å²) < 4.78 is 1.13. The van der Waals surface area contributed by atoms with E-state index in [9.17, 15) is 0 Å². The number of aromatic nitrogens is 2. The number of aryl methyl sites for hydroxylation is 1. The zero-order valence-corrected chi connectivity index (χ0v) is 10.6. The molecular formula is C10H10BrN3S. The molecule has 78 valence electrons. The van der Waals surface area contributed by atoms with Crippen LogP contribution in [0.2, 0.25) is 0 Å². The van der Waals surface area contributed by atoms with E-state index < -0.39 is 0 Å². The third-order valence-electron chi connectivity index (χ3n) is 1.93. The van der Waals surface area contributed by atoms with E-state index in [0.29, 0.717) is 0 Å². The molecule has 15 heavy (non-hydrogen) atoms. The van der Waals surface area contributed by atoms with Crippen LogP contribution in [0, 0.1) is 6.92 Å². The first-order valence-corrected chi connectivity index (χ1v) is 6.17. The lowest BCUT2D eigenvalue weighted by molar-refractivity contribution is 1.06. The Kier molecular flexibility index (Phi) is 3.33. The molecule has 0 aliphatic heterocycles. The molecule has 2 rings (SSSR count). The van der Waals surface area contributed by atoms with E-state index in [2.05, 4.69) is 42.7 Å². The summed E-state index contributed by atoms with van der Waals surface area (Å²) in [5.41, 5.74) is 0.924. The Labute approximate surface area is 101 Å². The van der Waals surface area contributed by atoms with Gasteiger partial charge < -0.3 is 5.32 Å². The van der Waals surface area contributed by atoms with Gasteiger partial charge in [-0.1, -0.05) is 0 Å². The van der Waals surface area contributed by atoms with Crippen molar-refractivity contribution in [2.75, 3.05) is 5.32 Å². The molecular weight excluding hydrogens is 274 g/mol. The van der Waals surface area contributed by atoms with Gasteiger partial charge in [0.15, 0.2) is 0 Å². The predicted molar refractivity (Wildman–Crippen MR) is 66.1 cm³/mol. The summed E-state index contributed by atoms with van der Waals surface area (Å²) in [6.07, 6.45) is 3.39. The molecule has 0 amide bonds. The standard InChI is InChI=1S/C10H10BrN3S/c1-7-10(13-3-2-12-7)14-5-9-4-8(11)6-15-9/h2-4,6H,5H2,1H3,(H,13,14). The number of rotatable bonds is 3. The zero-order chi connectivity index (χ0) is 10.7. The van der Waals surface area contributed by atoms with Crippen LogP contribution < -0.4 is 5.32 Å². The first kappa shape index (κ1) is 10.6. The Morgan fingerprint density at radius 1 is 1.40 bits per heavy atom. The molecule has 3 nitrogen and oxygen atoms in total. The first-order chi connectivity index (χ1) is 7.25. The van der Waals surface area contributed by atoms with Gasteiger partial charge in [-0.25, -0.2) is 4.98 Å². The normalized spacial score (nSPS) is 10.3. The van der Waals surface area contributed by atoms with Gasteiger partial charge in [-0.15, -0.1) is 11.3 Å². The zero-order valence-electron chi connectivity index (χ0n) is 8.20. The van der Waals surface area contributed by atoms with Crippen LogP contribution in [0.4, 0.5) is 5.82 Å². The van der Waals surface area contributed by atoms with Crippen molar-refractivity contribution in [3.63, 3.8) is 0 Å². The van der Waals surface area contributed by atoms with E-state index in [1.807, 2.05) is 6.92 Å². The van der Waals surface area contributed by atoms with Gasteiger partial charge in [-0.3, -0.25) is 4.98 Å². The molecule has 0 unspecified atom stereocenters. The molecule has 0 atom stereocenters. The van der Waals surface area contributed by atoms with Gasteiger partial charge in [-0.2, -0.15) is 0 Å². The van der Waals surface area contributed by atoms with E-state index in [1.165, 1.54) is 4.88 Å². The van der Waals surface area contributed by atoms with Gasteiger partial charge in [-0.05, 0) is 28.9 Å². The number of hydrogen-bond donors (Lipinski definition) is 1. The summed E-state index contributed by atoms with van der Waals surface area (Å²) >= 11 is 5.14. The van der Waals surface area contributed by atoms with Crippen LogP contribution in [-0.2, 0) is 6.54 Å². The highest BCUT2D eigenvalue weighted by Gasteiger charge is 2.01. The molecule has 1 N–H and O–H groups in total. The van der Waals surface area contributed by atoms with Crippen LogP contribution in [0.25, 0.3) is 0 Å². The lowest BCUT2D eigenvalue weighted by atomic mass is 10.4. The minimum absolute atomic E-state index is 0.788. The van der Waals surface area contributed by atoms with Crippen molar-refractivity contribution in [3.05, 3.63) is 38.9 Å². The van der Waals surface area contributed by atoms with Crippen LogP contribution in [0.15, 0.2) is 28.3 Å². The van der Waals surface area contributed by atoms with Crippen LogP contribution in [-0.4, -0.2) is 9.97 Å². The molecule has 0 bridgehead atoms. The fraction of sp³-hybridized carbons (Fsp3) is 0.200. The maximum atomic E-state index is 4.22. The van der Waals surface area contributed by atoms with Crippen molar-refractivity contribution < 1.29 is 0 Å². The van der Waals surface area contributed by atoms with E-state index in [0.717, 1.165) is 22.5 Å². The average molecular weight is 284 g/mol. The minimum atomic E-state index is 0.788. The van der Waals surface area contributed by atoms with Crippen LogP contribution in [0.5, 0.6) is 0 Å². The molecule has 0 fully saturated rings. The Balaban J connectivity index is 2.02. The average Bonchev–Trinajstić information content (AvgIpc) is 2.63. The second-order valence-corrected chi connectivity index (χ2v) is 4.99. The molecule has 0 aromatic carbocycles. The Hall–Kier alpha value is -0.940. The third kappa shape index (κ3) is 2.76. The predicted octanol–water partition coefficient (Wildman–Crippen LogP) is 3.22. The highest BCUT2D eigenvalue weighted by atomic mass is 79.9. The van der Waals surface area contributed by atoms with Crippen molar-refractivity contribution in [1.82, 2.24) is 9.97 Å². The number of anilines is 1. The number of nitrogens with one attached hydrogen (secondary N) is 1. The topological polar surface area (TPSA) is 37.8 Å². The van der Waals surface area contributed by atoms with Crippen molar-refractivity contribution in [1.29, 1.82) is 0 Å². The number of halogens is 1. The van der Waals surface area contributed by atoms with E-state index in [1.54, 1.807) is 23.7 Å². The second kappa shape index (κ2) is 4.72. The fourth-order valence-electron chi connectivity index (χ4n) is 1.20. The van der Waals surface area contributed by atoms with Crippen LogP contribution >= 0.6 is 27.3 Å². The van der Waals surface area contributed by atoms with Crippen LogP contribution in [0.3, 0.4) is 0 Å². The monoisotopic (exact) mass is 283 g/mol. The maximum Gasteiger partial charge on any atom is 0.147 e. The Bertz CT molecular complexity index is 455. The molecule has 2 aromatic rings. The van der Waals surface area contributed by atoms with Gasteiger partial charge >= 0.3 is 0 Å². The Morgan fingerprint density at radius 2 is 2.20 bits per heavy atom. The lowest BCUT2D eigenvalue weighted by Crippen LogP contribution is -2.02. The SMILES string of the molecule is Cc1nccnc1NCc1cc(Br)cs1. The molecule has 0 radical (unpaired) electrons. The number of hydrogen-bond acceptors (Lipinski definition) is 4. The summed E-state index contributed by atoms with van der Waals surface area (Å²) in [5, 5.41) is 5.33. The van der Waals surface area contributed by atoms with Crippen LogP contribution in [0.1, 0.15) is 10.6 Å². The first-order valence-electron chi connectivity index (χ1n) is 4.50. The van der Waals surface area contributed by atoms with Gasteiger partial charge in [0.05, 0.1) is 12.2 Å². The lowest BCUT2D eigenvalue weighted by Gasteiger charge is -2.05. The Morgan fingerprint density at radius 3 is 2.87 bits per heavy atom. The quantitative estimate of drug-likeness (QED) is 0.940. The van der Waals surface area contributed by atoms with Gasteiger partial charge in [0.1, 0.15) is 5.82 Å². The molecule has 2 heterocycles. The van der Waals surface area contributed by atoms with E-state index in [4.69, 9.17) is 0 Å². The van der Waals surface area contributed by atoms with Gasteiger partial charge in [0.2, 0.25) is 0 Å². The smallest absolute Gasteiger partial charge is 0.147 e. The van der Waals surface area contributed by atoms with Crippen molar-refractivity contribution in [2.24, 2.45) is 0 Å². The molecule has 0 aliphatic rings. The summed E-state index contributed by atoms with van der Waals surface area (Å²) in [6, 6.07) is 2.10. The summed E-state index contributed by atoms with van der Waals surface area (Å²) in [4.78, 5) is 9.66. The third-order valence-corrected chi connectivity index (χ3v) is 3.63. The summed E-state index contributed by atoms with van der Waals surface area (Å²) in [6.45, 7) is 2.73. The summed E-state index contributed by atoms with van der Waals surface area (Å²) in [5.74, 6) is 0.849. The largest absolute Gasteiger partial charge is 0.364 e. The fourth-order valence-corrected chi connectivity index (χ4v) is 2.59. The second-order valence-electron chi connectivity index (χ2n) is 3.08. The highest BCUT2D eigenvalue weighted by molar-refractivity contribution is 9.10. The highest BCUT2D eigenvalue weighted by Crippen LogP contribution is 2.20. The van der Waals surface area contributed by atoms with Crippen molar-refractivity contribution in [2.45, 2.75) is 13.5 Å². The molecule has 0 aliphatic carbocycles. The molecule has 0 saturated heterocycles. The van der Waals surface area contributed by atoms with Gasteiger partial charge in [0, 0.05) is 27.1 Å². The number of nitrogens with zero attached hydrogens (tertiary/aromatic N) is 2. The van der Waals surface area contributed by atoms with Crippen molar-refractivity contribution in [3.8, 4) is 0 Å². The number of thiophene rings is 1.